The summed E-state index contributed by atoms with van der Waals surface area (Å²) in [6, 6.07) is -0.839. The maximum Gasteiger partial charge on any atom is 0.490 e. The van der Waals surface area contributed by atoms with E-state index in [0.717, 1.165) is 10.9 Å². The monoisotopic (exact) mass is 524 g/mol. The molecule has 0 amide bonds. The highest BCUT2D eigenvalue weighted by Gasteiger charge is 2.47. The van der Waals surface area contributed by atoms with Crippen LogP contribution in [0, 0.1) is 0 Å². The van der Waals surface area contributed by atoms with Gasteiger partial charge in [-0.1, -0.05) is 0 Å². The quantitative estimate of drug-likeness (QED) is 0.177. The lowest BCUT2D eigenvalue weighted by Crippen LogP contribution is -2.33. The Morgan fingerprint density at radius 2 is 1.66 bits per heavy atom. The van der Waals surface area contributed by atoms with E-state index in [4.69, 9.17) is 19.4 Å². The van der Waals surface area contributed by atoms with Crippen molar-refractivity contribution in [3.8, 4) is 11.9 Å². The second-order valence-corrected chi connectivity index (χ2v) is 10.5. The molecule has 0 radical (unpaired) electrons. The summed E-state index contributed by atoms with van der Waals surface area (Å²) >= 11 is 0. The summed E-state index contributed by atoms with van der Waals surface area (Å²) in [7, 11) is -16.8. The number of imidazole rings is 1. The Labute approximate surface area is 175 Å². The molecule has 22 heteroatoms. The zero-order chi connectivity index (χ0) is 24.1. The second kappa shape index (κ2) is 8.66. The van der Waals surface area contributed by atoms with Gasteiger partial charge in [-0.15, -0.1) is 0 Å². The Balaban J connectivity index is 1.72. The molecule has 1 fully saturated rings. The summed E-state index contributed by atoms with van der Waals surface area (Å²) in [5.41, 5.74) is -0.399. The number of nitrogens with zero attached hydrogens (tertiary/aromatic N) is 4. The van der Waals surface area contributed by atoms with Crippen LogP contribution >= 0.6 is 23.5 Å². The van der Waals surface area contributed by atoms with Crippen LogP contribution in [0.3, 0.4) is 0 Å². The van der Waals surface area contributed by atoms with E-state index >= 15 is 0 Å². The average molecular weight is 524 g/mol. The molecule has 2 unspecified atom stereocenters. The first-order valence-electron chi connectivity index (χ1n) is 8.01. The number of aliphatic hydroxyl groups is 2. The summed E-state index contributed by atoms with van der Waals surface area (Å²) in [5, 5.41) is 39.5. The maximum atomic E-state index is 11.8. The zero-order valence-corrected chi connectivity index (χ0v) is 17.8. The van der Waals surface area contributed by atoms with Gasteiger partial charge in [0, 0.05) is 0 Å². The van der Waals surface area contributed by atoms with Crippen LogP contribution in [-0.2, 0) is 31.6 Å². The van der Waals surface area contributed by atoms with Gasteiger partial charge in [-0.2, -0.15) is 18.6 Å². The molecule has 1 aliphatic rings. The molecule has 180 valence electrons. The molecule has 8 N–H and O–H groups in total. The molecule has 0 spiro atoms. The Bertz CT molecular complexity index is 1150. The number of hydrogen-bond donors (Lipinski definition) is 8. The maximum absolute atomic E-state index is 11.8. The van der Waals surface area contributed by atoms with Crippen LogP contribution in [-0.4, -0.2) is 84.4 Å². The third-order valence-electron chi connectivity index (χ3n) is 3.82. The lowest BCUT2D eigenvalue weighted by molar-refractivity contribution is -0.0503. The summed E-state index contributed by atoms with van der Waals surface area (Å²) in [5.74, 6) is -0.691. The molecule has 0 aromatic carbocycles. The Morgan fingerprint density at radius 3 is 2.28 bits per heavy atom. The van der Waals surface area contributed by atoms with Gasteiger partial charge in [-0.3, -0.25) is 9.09 Å². The first kappa shape index (κ1) is 25.1. The van der Waals surface area contributed by atoms with Crippen LogP contribution in [0.1, 0.15) is 6.23 Å². The summed E-state index contributed by atoms with van der Waals surface area (Å²) in [6.45, 7) is -1.03. The van der Waals surface area contributed by atoms with Crippen LogP contribution in [0.5, 0.6) is 11.9 Å². The number of aromatic nitrogens is 4. The number of aliphatic hydroxyl groups excluding tert-OH is 2. The minimum atomic E-state index is -5.74. The fourth-order valence-electron chi connectivity index (χ4n) is 2.64. The van der Waals surface area contributed by atoms with Gasteiger partial charge in [-0.05, 0) is 0 Å². The highest BCUT2D eigenvalue weighted by atomic mass is 31.3. The van der Waals surface area contributed by atoms with Crippen molar-refractivity contribution >= 4 is 34.6 Å². The molecule has 3 rings (SSSR count). The summed E-state index contributed by atoms with van der Waals surface area (Å²) in [6.07, 6.45) is -5.49. The molecule has 0 aliphatic carbocycles. The van der Waals surface area contributed by atoms with Gasteiger partial charge < -0.3 is 44.7 Å². The fraction of sp³-hybridized carbons (Fsp3) is 0.500. The highest BCUT2D eigenvalue weighted by Crippen LogP contribution is 2.66. The lowest BCUT2D eigenvalue weighted by Gasteiger charge is -2.19. The molecular formula is C10H15N4O15P3. The van der Waals surface area contributed by atoms with Gasteiger partial charge in [0.1, 0.15) is 18.3 Å². The van der Waals surface area contributed by atoms with E-state index in [0.29, 0.717) is 0 Å². The average Bonchev–Trinajstić information content (AvgIpc) is 3.12. The van der Waals surface area contributed by atoms with Crippen LogP contribution in [0.15, 0.2) is 6.33 Å². The molecule has 2 aromatic heterocycles. The molecule has 1 saturated heterocycles. The van der Waals surface area contributed by atoms with E-state index in [-0.39, 0.29) is 11.2 Å². The molecule has 19 nitrogen and oxygen atoms in total. The molecule has 0 bridgehead atoms. The van der Waals surface area contributed by atoms with Crippen LogP contribution < -0.4 is 0 Å². The largest absolute Gasteiger partial charge is 0.492 e. The molecule has 6 atom stereocenters. The molecule has 2 aromatic rings. The lowest BCUT2D eigenvalue weighted by atomic mass is 10.1. The minimum Gasteiger partial charge on any atom is -0.492 e. The molecule has 3 heterocycles. The predicted octanol–water partition coefficient (Wildman–Crippen LogP) is -1.80. The van der Waals surface area contributed by atoms with Gasteiger partial charge in [0.05, 0.1) is 12.9 Å². The second-order valence-electron chi connectivity index (χ2n) is 6.10. The van der Waals surface area contributed by atoms with E-state index in [1.54, 1.807) is 0 Å². The van der Waals surface area contributed by atoms with Crippen LogP contribution in [0.2, 0.25) is 0 Å². The number of rotatable bonds is 8. The Kier molecular flexibility index (Phi) is 6.78. The molecular weight excluding hydrogens is 509 g/mol. The number of aromatic hydroxyl groups is 2. The Morgan fingerprint density at radius 1 is 1.00 bits per heavy atom. The third-order valence-corrected chi connectivity index (χ3v) is 7.62. The first-order chi connectivity index (χ1) is 14.6. The van der Waals surface area contributed by atoms with Crippen molar-refractivity contribution in [1.82, 2.24) is 19.5 Å². The highest BCUT2D eigenvalue weighted by molar-refractivity contribution is 7.66. The number of phosphoric acid groups is 3. The van der Waals surface area contributed by atoms with Gasteiger partial charge in [0.2, 0.25) is 5.88 Å². The van der Waals surface area contributed by atoms with E-state index < -0.39 is 66.5 Å². The molecule has 32 heavy (non-hydrogen) atoms. The van der Waals surface area contributed by atoms with Gasteiger partial charge in [0.15, 0.2) is 17.4 Å². The van der Waals surface area contributed by atoms with E-state index in [1.807, 2.05) is 0 Å². The minimum absolute atomic E-state index is 0.190. The molecule has 1 aliphatic heterocycles. The fourth-order valence-corrected chi connectivity index (χ4v) is 5.67. The van der Waals surface area contributed by atoms with Crippen LogP contribution in [0.25, 0.3) is 11.2 Å². The van der Waals surface area contributed by atoms with E-state index in [1.165, 1.54) is 0 Å². The smallest absolute Gasteiger partial charge is 0.490 e. The van der Waals surface area contributed by atoms with Gasteiger partial charge in [-0.25, -0.2) is 18.7 Å². The van der Waals surface area contributed by atoms with Gasteiger partial charge in [0.25, 0.3) is 0 Å². The predicted molar refractivity (Wildman–Crippen MR) is 94.4 cm³/mol. The van der Waals surface area contributed by atoms with Crippen molar-refractivity contribution < 1.29 is 71.6 Å². The Hall–Kier alpha value is -1.56. The SMILES string of the molecule is O=P(O)(O)OP(=O)(O)OP(=O)(O)OC[C@H]1O[C@@H](n2cnc3c(O)nc(O)nc32)[C@H](O)[C@@H]1O. The first-order valence-corrected chi connectivity index (χ1v) is 12.5. The summed E-state index contributed by atoms with van der Waals surface area (Å²) in [4.78, 5) is 46.2. The van der Waals surface area contributed by atoms with Crippen molar-refractivity contribution in [2.45, 2.75) is 24.5 Å². The number of fused-ring (bicyclic) bond motifs is 1. The van der Waals surface area contributed by atoms with Gasteiger partial charge >= 0.3 is 29.5 Å². The number of hydrogen-bond acceptors (Lipinski definition) is 14. The van der Waals surface area contributed by atoms with Crippen LogP contribution in [0.4, 0.5) is 0 Å². The summed E-state index contributed by atoms with van der Waals surface area (Å²) < 4.78 is 51.5. The van der Waals surface area contributed by atoms with Crippen molar-refractivity contribution in [2.75, 3.05) is 6.61 Å². The van der Waals surface area contributed by atoms with Crippen molar-refractivity contribution in [2.24, 2.45) is 0 Å². The topological polar surface area (TPSA) is 294 Å². The standard InChI is InChI=1S/C10H15N4O15P3/c15-5-3(1-26-31(22,23)29-32(24,25)28-30(19,20)21)27-9(6(5)16)14-2-11-4-7(14)12-10(18)13-8(4)17/h2-3,5-6,9,15-16H,1H2,(H,22,23)(H,24,25)(H2,19,20,21)(H2,12,13,17,18)/t3-,5-,6-,9-/m1/s1. The number of phosphoric ester groups is 1. The third kappa shape index (κ3) is 5.67. The number of ether oxygens (including phenoxy) is 1. The van der Waals surface area contributed by atoms with E-state index in [2.05, 4.69) is 28.1 Å². The van der Waals surface area contributed by atoms with Crippen molar-refractivity contribution in [3.05, 3.63) is 6.33 Å². The molecule has 0 saturated carbocycles. The normalized spacial score (nSPS) is 27.9. The zero-order valence-electron chi connectivity index (χ0n) is 15.2. The van der Waals surface area contributed by atoms with Crippen molar-refractivity contribution in [3.63, 3.8) is 0 Å². The van der Waals surface area contributed by atoms with Crippen molar-refractivity contribution in [1.29, 1.82) is 0 Å². The van der Waals surface area contributed by atoms with E-state index in [9.17, 15) is 39.0 Å².